The molecule has 2 aliphatic rings. The topological polar surface area (TPSA) is 62.3 Å². The maximum Gasteiger partial charge on any atom is 0.410 e. The fourth-order valence-corrected chi connectivity index (χ4v) is 5.64. The minimum Gasteiger partial charge on any atom is -0.493 e. The quantitative estimate of drug-likeness (QED) is 0.308. The van der Waals surface area contributed by atoms with Gasteiger partial charge in [0.15, 0.2) is 0 Å². The van der Waals surface area contributed by atoms with E-state index in [-0.39, 0.29) is 29.9 Å². The summed E-state index contributed by atoms with van der Waals surface area (Å²) >= 11 is 0. The zero-order chi connectivity index (χ0) is 29.4. The molecule has 0 bridgehead atoms. The lowest BCUT2D eigenvalue weighted by atomic mass is 10.00. The highest BCUT2D eigenvalue weighted by Crippen LogP contribution is 2.23. The van der Waals surface area contributed by atoms with Gasteiger partial charge in [-0.05, 0) is 73.0 Å². The first-order chi connectivity index (χ1) is 19.7. The second-order valence-corrected chi connectivity index (χ2v) is 12.2. The molecule has 1 atom stereocenters. The van der Waals surface area contributed by atoms with Crippen molar-refractivity contribution in [3.05, 3.63) is 65.5 Å². The summed E-state index contributed by atoms with van der Waals surface area (Å²) < 4.78 is 24.6. The Morgan fingerprint density at radius 1 is 1.00 bits per heavy atom. The van der Waals surface area contributed by atoms with Gasteiger partial charge in [-0.15, -0.1) is 0 Å². The molecule has 0 spiro atoms. The molecule has 0 saturated carbocycles. The van der Waals surface area contributed by atoms with Crippen LogP contribution in [0.5, 0.6) is 5.75 Å². The summed E-state index contributed by atoms with van der Waals surface area (Å²) in [6.45, 7) is 13.5. The molecule has 2 aromatic carbocycles. The van der Waals surface area contributed by atoms with Crippen LogP contribution in [0.15, 0.2) is 48.5 Å². The van der Waals surface area contributed by atoms with Gasteiger partial charge in [0.1, 0.15) is 18.2 Å². The highest BCUT2D eigenvalue weighted by Gasteiger charge is 2.34. The van der Waals surface area contributed by atoms with Crippen molar-refractivity contribution in [1.82, 2.24) is 14.7 Å². The van der Waals surface area contributed by atoms with Gasteiger partial charge in [0.25, 0.3) is 0 Å². The van der Waals surface area contributed by atoms with Crippen LogP contribution in [0, 0.1) is 17.7 Å². The van der Waals surface area contributed by atoms with E-state index in [1.165, 1.54) is 12.1 Å². The number of cyclic esters (lactones) is 1. The van der Waals surface area contributed by atoms with Crippen molar-refractivity contribution in [2.24, 2.45) is 11.8 Å². The van der Waals surface area contributed by atoms with Crippen LogP contribution < -0.4 is 4.74 Å². The fraction of sp³-hybridized carbons (Fsp3) is 0.576. The highest BCUT2D eigenvalue weighted by atomic mass is 19.1. The summed E-state index contributed by atoms with van der Waals surface area (Å²) in [7, 11) is 0. The van der Waals surface area contributed by atoms with Crippen molar-refractivity contribution in [2.45, 2.75) is 72.0 Å². The second-order valence-electron chi connectivity index (χ2n) is 12.2. The van der Waals surface area contributed by atoms with Crippen LogP contribution in [0.1, 0.15) is 58.1 Å². The zero-order valence-electron chi connectivity index (χ0n) is 25.1. The molecule has 224 valence electrons. The minimum atomic E-state index is -0.276. The van der Waals surface area contributed by atoms with Crippen LogP contribution >= 0.6 is 0 Å². The predicted molar refractivity (Wildman–Crippen MR) is 158 cm³/mol. The van der Waals surface area contributed by atoms with E-state index in [9.17, 15) is 14.0 Å². The van der Waals surface area contributed by atoms with Crippen LogP contribution in [0.25, 0.3) is 0 Å². The lowest BCUT2D eigenvalue weighted by Gasteiger charge is -2.39. The van der Waals surface area contributed by atoms with E-state index in [1.807, 2.05) is 34.1 Å². The van der Waals surface area contributed by atoms with Gasteiger partial charge in [-0.3, -0.25) is 4.79 Å². The molecule has 4 rings (SSSR count). The molecule has 2 amide bonds. The third-order valence-corrected chi connectivity index (χ3v) is 8.10. The predicted octanol–water partition coefficient (Wildman–Crippen LogP) is 5.76. The van der Waals surface area contributed by atoms with Crippen molar-refractivity contribution in [1.29, 1.82) is 0 Å². The van der Waals surface area contributed by atoms with Crippen LogP contribution in [0.4, 0.5) is 9.18 Å². The molecule has 0 N–H and O–H groups in total. The van der Waals surface area contributed by atoms with E-state index in [0.717, 1.165) is 55.8 Å². The molecular weight excluding hydrogens is 521 g/mol. The summed E-state index contributed by atoms with van der Waals surface area (Å²) in [5.74, 6) is 1.44. The first-order valence-corrected chi connectivity index (χ1v) is 15.1. The van der Waals surface area contributed by atoms with Gasteiger partial charge < -0.3 is 24.2 Å². The SMILES string of the molecule is CC(C)COc1ccc(CC(=O)N(Cc2ccc(F)cc2)C2CCN(CCCN3C(=O)OC[C@H]3C(C)C)CC2)cc1. The first-order valence-electron chi connectivity index (χ1n) is 15.1. The Balaban J connectivity index is 1.33. The standard InChI is InChI=1S/C33H46FN3O4/c1-24(2)22-40-30-12-8-26(9-13-30)20-32(38)37(21-27-6-10-28(34)11-7-27)29-14-18-35(19-15-29)16-5-17-36-31(25(3)4)23-41-33(36)39/h6-13,24-25,29,31H,5,14-23H2,1-4H3/t31-/m0/s1. The number of amides is 2. The number of benzene rings is 2. The summed E-state index contributed by atoms with van der Waals surface area (Å²) in [5, 5.41) is 0. The number of nitrogens with zero attached hydrogens (tertiary/aromatic N) is 3. The lowest BCUT2D eigenvalue weighted by Crippen LogP contribution is -2.48. The number of hydrogen-bond donors (Lipinski definition) is 0. The number of rotatable bonds is 13. The maximum atomic E-state index is 13.7. The first kappa shape index (κ1) is 30.8. The van der Waals surface area contributed by atoms with Crippen molar-refractivity contribution < 1.29 is 23.5 Å². The molecule has 8 heteroatoms. The molecule has 0 aromatic heterocycles. The smallest absolute Gasteiger partial charge is 0.410 e. The maximum absolute atomic E-state index is 13.7. The molecule has 0 radical (unpaired) electrons. The van der Waals surface area contributed by atoms with Crippen molar-refractivity contribution in [3.8, 4) is 5.75 Å². The largest absolute Gasteiger partial charge is 0.493 e. The Labute approximate surface area is 244 Å². The molecule has 0 unspecified atom stereocenters. The molecule has 2 saturated heterocycles. The third-order valence-electron chi connectivity index (χ3n) is 8.10. The van der Waals surface area contributed by atoms with Crippen LogP contribution in [-0.2, 0) is 22.5 Å². The molecule has 7 nitrogen and oxygen atoms in total. The minimum absolute atomic E-state index is 0.0795. The average molecular weight is 568 g/mol. The van der Waals surface area contributed by atoms with Crippen molar-refractivity contribution in [2.75, 3.05) is 39.4 Å². The van der Waals surface area contributed by atoms with E-state index in [2.05, 4.69) is 32.6 Å². The fourth-order valence-electron chi connectivity index (χ4n) is 5.64. The van der Waals surface area contributed by atoms with Gasteiger partial charge in [-0.25, -0.2) is 9.18 Å². The van der Waals surface area contributed by atoms with Gasteiger partial charge in [-0.2, -0.15) is 0 Å². The molecule has 2 fully saturated rings. The molecule has 2 aliphatic heterocycles. The Hall–Kier alpha value is -3.13. The second kappa shape index (κ2) is 14.7. The van der Waals surface area contributed by atoms with Crippen molar-refractivity contribution >= 4 is 12.0 Å². The third kappa shape index (κ3) is 8.93. The number of carbonyl (C=O) groups is 2. The number of likely N-dealkylation sites (tertiary alicyclic amines) is 1. The number of halogens is 1. The van der Waals surface area contributed by atoms with E-state index in [4.69, 9.17) is 9.47 Å². The van der Waals surface area contributed by atoms with Gasteiger partial charge in [0, 0.05) is 32.2 Å². The monoisotopic (exact) mass is 567 g/mol. The normalized spacial score (nSPS) is 18.3. The summed E-state index contributed by atoms with van der Waals surface area (Å²) in [6, 6.07) is 14.5. The molecular formula is C33H46FN3O4. The van der Waals surface area contributed by atoms with E-state index >= 15 is 0 Å². The van der Waals surface area contributed by atoms with Gasteiger partial charge in [0.2, 0.25) is 5.91 Å². The summed E-state index contributed by atoms with van der Waals surface area (Å²) in [6.07, 6.45) is 2.78. The van der Waals surface area contributed by atoms with Crippen LogP contribution in [0.3, 0.4) is 0 Å². The number of ether oxygens (including phenoxy) is 2. The Bertz CT molecular complexity index is 1110. The van der Waals surface area contributed by atoms with Gasteiger partial charge in [0.05, 0.1) is 19.1 Å². The van der Waals surface area contributed by atoms with Crippen LogP contribution in [-0.4, -0.2) is 78.2 Å². The van der Waals surface area contributed by atoms with E-state index in [0.29, 0.717) is 44.6 Å². The molecule has 41 heavy (non-hydrogen) atoms. The Morgan fingerprint density at radius 2 is 1.66 bits per heavy atom. The number of carbonyl (C=O) groups excluding carboxylic acids is 2. The average Bonchev–Trinajstić information content (AvgIpc) is 3.33. The number of hydrogen-bond acceptors (Lipinski definition) is 5. The van der Waals surface area contributed by atoms with E-state index in [1.54, 1.807) is 12.1 Å². The molecule has 0 aliphatic carbocycles. The Kier molecular flexibility index (Phi) is 11.0. The summed E-state index contributed by atoms with van der Waals surface area (Å²) in [4.78, 5) is 32.1. The summed E-state index contributed by atoms with van der Waals surface area (Å²) in [5.41, 5.74) is 1.88. The number of piperidine rings is 1. The highest BCUT2D eigenvalue weighted by molar-refractivity contribution is 5.79. The Morgan fingerprint density at radius 3 is 2.29 bits per heavy atom. The zero-order valence-corrected chi connectivity index (χ0v) is 25.1. The van der Waals surface area contributed by atoms with Gasteiger partial charge in [-0.1, -0.05) is 52.0 Å². The van der Waals surface area contributed by atoms with Gasteiger partial charge >= 0.3 is 6.09 Å². The molecule has 2 heterocycles. The van der Waals surface area contributed by atoms with Crippen LogP contribution in [0.2, 0.25) is 0 Å². The lowest BCUT2D eigenvalue weighted by molar-refractivity contribution is -0.134. The molecule has 2 aromatic rings. The van der Waals surface area contributed by atoms with Crippen molar-refractivity contribution in [3.63, 3.8) is 0 Å². The van der Waals surface area contributed by atoms with E-state index < -0.39 is 0 Å².